The summed E-state index contributed by atoms with van der Waals surface area (Å²) in [4.78, 5) is 41.5. The molecule has 4 heterocycles. The number of thiophene rings is 1. The van der Waals surface area contributed by atoms with Gasteiger partial charge in [0.05, 0.1) is 5.56 Å². The van der Waals surface area contributed by atoms with Crippen LogP contribution in [-0.4, -0.2) is 46.7 Å². The van der Waals surface area contributed by atoms with E-state index in [1.807, 2.05) is 6.07 Å². The molecule has 6 nitrogen and oxygen atoms in total. The molecule has 1 atom stereocenters. The van der Waals surface area contributed by atoms with Crippen molar-refractivity contribution >= 4 is 34.6 Å². The van der Waals surface area contributed by atoms with Gasteiger partial charge in [0.15, 0.2) is 0 Å². The number of benzene rings is 1. The van der Waals surface area contributed by atoms with Crippen LogP contribution in [0.1, 0.15) is 51.2 Å². The van der Waals surface area contributed by atoms with Crippen LogP contribution in [0.2, 0.25) is 0 Å². The maximum atomic E-state index is 14.9. The number of aryl methyl sites for hydroxylation is 1. The Morgan fingerprint density at radius 1 is 1.22 bits per heavy atom. The Kier molecular flexibility index (Phi) is 5.43. The third-order valence-electron chi connectivity index (χ3n) is 6.49. The zero-order valence-corrected chi connectivity index (χ0v) is 18.6. The van der Waals surface area contributed by atoms with Crippen LogP contribution < -0.4 is 5.32 Å². The monoisotopic (exact) mass is 453 g/mol. The summed E-state index contributed by atoms with van der Waals surface area (Å²) in [6.45, 7) is 4.61. The smallest absolute Gasteiger partial charge is 0.258 e. The highest BCUT2D eigenvalue weighted by Gasteiger charge is 2.40. The zero-order valence-electron chi connectivity index (χ0n) is 17.8. The molecule has 1 saturated heterocycles. The molecule has 0 spiro atoms. The van der Waals surface area contributed by atoms with Gasteiger partial charge >= 0.3 is 0 Å². The summed E-state index contributed by atoms with van der Waals surface area (Å²) in [5.41, 5.74) is 4.16. The van der Waals surface area contributed by atoms with Crippen molar-refractivity contribution in [3.63, 3.8) is 0 Å². The van der Waals surface area contributed by atoms with Crippen LogP contribution in [0, 0.1) is 12.7 Å². The van der Waals surface area contributed by atoms with Gasteiger partial charge in [0.1, 0.15) is 11.9 Å². The van der Waals surface area contributed by atoms with Gasteiger partial charge in [-0.25, -0.2) is 4.39 Å². The number of fused-ring (bicyclic) bond motifs is 1. The molecule has 3 aliphatic rings. The molecule has 1 N–H and O–H groups in total. The van der Waals surface area contributed by atoms with Crippen LogP contribution in [0.3, 0.4) is 0 Å². The number of nitrogens with zero attached hydrogens (tertiary/aromatic N) is 2. The molecule has 5 rings (SSSR count). The van der Waals surface area contributed by atoms with Gasteiger partial charge < -0.3 is 4.90 Å². The van der Waals surface area contributed by atoms with Gasteiger partial charge in [-0.3, -0.25) is 24.6 Å². The molecule has 166 valence electrons. The predicted octanol–water partition coefficient (Wildman–Crippen LogP) is 3.25. The Morgan fingerprint density at radius 2 is 2.06 bits per heavy atom. The molecular weight excluding hydrogens is 429 g/mol. The number of hydrogen-bond acceptors (Lipinski definition) is 5. The van der Waals surface area contributed by atoms with Crippen molar-refractivity contribution in [2.45, 2.75) is 45.3 Å². The normalized spacial score (nSPS) is 21.6. The van der Waals surface area contributed by atoms with E-state index in [0.717, 1.165) is 25.1 Å². The molecule has 3 aliphatic heterocycles. The lowest BCUT2D eigenvalue weighted by molar-refractivity contribution is -0.136. The van der Waals surface area contributed by atoms with Gasteiger partial charge in [0.2, 0.25) is 11.8 Å². The topological polar surface area (TPSA) is 69.7 Å². The molecule has 0 radical (unpaired) electrons. The second kappa shape index (κ2) is 8.26. The highest BCUT2D eigenvalue weighted by Crippen LogP contribution is 2.32. The standard InChI is InChI=1S/C24H24FN3O3S/c1-14-6-9-32-22(14)16-4-7-27(8-5-16)12-15-10-17-13-28(24(31)21(17)18(25)11-15)19-2-3-20(29)26-23(19)30/h4,6,9-11,19H,2-3,5,7-8,12-13H2,1H3,(H,26,29,30). The number of nitrogens with one attached hydrogen (secondary N) is 1. The maximum Gasteiger partial charge on any atom is 0.258 e. The molecule has 1 aromatic heterocycles. The summed E-state index contributed by atoms with van der Waals surface area (Å²) in [6, 6.07) is 4.72. The van der Waals surface area contributed by atoms with Gasteiger partial charge in [0, 0.05) is 37.5 Å². The predicted molar refractivity (Wildman–Crippen MR) is 119 cm³/mol. The molecule has 0 saturated carbocycles. The quantitative estimate of drug-likeness (QED) is 0.722. The van der Waals surface area contributed by atoms with Crippen molar-refractivity contribution in [2.24, 2.45) is 0 Å². The van der Waals surface area contributed by atoms with E-state index in [1.165, 1.54) is 27.0 Å². The SMILES string of the molecule is Cc1ccsc1C1=CCN(Cc2cc(F)c3c(c2)CN(C2CCC(=O)NC2=O)C3=O)CC1. The number of piperidine rings is 1. The first-order valence-electron chi connectivity index (χ1n) is 10.8. The van der Waals surface area contributed by atoms with Crippen LogP contribution in [-0.2, 0) is 22.7 Å². The lowest BCUT2D eigenvalue weighted by Gasteiger charge is -2.29. The Balaban J connectivity index is 1.30. The summed E-state index contributed by atoms with van der Waals surface area (Å²) in [5.74, 6) is -1.84. The largest absolute Gasteiger partial charge is 0.322 e. The first kappa shape index (κ1) is 21.0. The Morgan fingerprint density at radius 3 is 2.75 bits per heavy atom. The summed E-state index contributed by atoms with van der Waals surface area (Å²) in [6.07, 6.45) is 3.65. The summed E-state index contributed by atoms with van der Waals surface area (Å²) < 4.78 is 14.9. The molecule has 1 fully saturated rings. The number of hydrogen-bond donors (Lipinski definition) is 1. The van der Waals surface area contributed by atoms with Gasteiger partial charge in [-0.05, 0) is 59.5 Å². The number of carbonyl (C=O) groups excluding carboxylic acids is 3. The average Bonchev–Trinajstić information content (AvgIpc) is 3.32. The van der Waals surface area contributed by atoms with Crippen LogP contribution in [0.5, 0.6) is 0 Å². The maximum absolute atomic E-state index is 14.9. The molecule has 32 heavy (non-hydrogen) atoms. The van der Waals surface area contributed by atoms with Crippen LogP contribution in [0.25, 0.3) is 5.57 Å². The van der Waals surface area contributed by atoms with Crippen LogP contribution in [0.4, 0.5) is 4.39 Å². The van der Waals surface area contributed by atoms with Crippen molar-refractivity contribution in [1.29, 1.82) is 0 Å². The number of halogens is 1. The fourth-order valence-electron chi connectivity index (χ4n) is 4.83. The summed E-state index contributed by atoms with van der Waals surface area (Å²) in [5, 5.41) is 4.39. The Bertz CT molecular complexity index is 1160. The van der Waals surface area contributed by atoms with E-state index in [9.17, 15) is 18.8 Å². The third kappa shape index (κ3) is 3.78. The highest BCUT2D eigenvalue weighted by atomic mass is 32.1. The fourth-order valence-corrected chi connectivity index (χ4v) is 5.83. The van der Waals surface area contributed by atoms with E-state index in [4.69, 9.17) is 0 Å². The van der Waals surface area contributed by atoms with Crippen LogP contribution in [0.15, 0.2) is 29.7 Å². The van der Waals surface area contributed by atoms with Gasteiger partial charge in [-0.15, -0.1) is 11.3 Å². The molecule has 1 aromatic carbocycles. The molecule has 0 bridgehead atoms. The lowest BCUT2D eigenvalue weighted by Crippen LogP contribution is -2.52. The number of rotatable bonds is 4. The molecule has 8 heteroatoms. The molecular formula is C24H24FN3O3S. The highest BCUT2D eigenvalue weighted by molar-refractivity contribution is 7.11. The molecule has 3 amide bonds. The van der Waals surface area contributed by atoms with E-state index in [2.05, 4.69) is 34.7 Å². The van der Waals surface area contributed by atoms with Crippen molar-refractivity contribution in [3.05, 3.63) is 62.6 Å². The van der Waals surface area contributed by atoms with E-state index >= 15 is 0 Å². The minimum absolute atomic E-state index is 0.0486. The minimum atomic E-state index is -0.734. The minimum Gasteiger partial charge on any atom is -0.322 e. The second-order valence-corrected chi connectivity index (χ2v) is 9.58. The summed E-state index contributed by atoms with van der Waals surface area (Å²) in [7, 11) is 0. The molecule has 1 unspecified atom stereocenters. The third-order valence-corrected chi connectivity index (χ3v) is 7.58. The van der Waals surface area contributed by atoms with Crippen molar-refractivity contribution in [3.8, 4) is 0 Å². The number of carbonyl (C=O) groups is 3. The van der Waals surface area contributed by atoms with Crippen molar-refractivity contribution < 1.29 is 18.8 Å². The first-order valence-corrected chi connectivity index (χ1v) is 11.7. The van der Waals surface area contributed by atoms with Crippen molar-refractivity contribution in [1.82, 2.24) is 15.1 Å². The van der Waals surface area contributed by atoms with E-state index < -0.39 is 23.7 Å². The Labute approximate surface area is 189 Å². The number of amides is 3. The van der Waals surface area contributed by atoms with E-state index in [-0.39, 0.29) is 30.9 Å². The van der Waals surface area contributed by atoms with Crippen molar-refractivity contribution in [2.75, 3.05) is 13.1 Å². The average molecular weight is 454 g/mol. The zero-order chi connectivity index (χ0) is 22.4. The summed E-state index contributed by atoms with van der Waals surface area (Å²) >= 11 is 1.77. The first-order chi connectivity index (χ1) is 15.4. The van der Waals surface area contributed by atoms with E-state index in [1.54, 1.807) is 11.3 Å². The lowest BCUT2D eigenvalue weighted by atomic mass is 10.0. The fraction of sp³-hybridized carbons (Fsp3) is 0.375. The second-order valence-electron chi connectivity index (χ2n) is 8.66. The van der Waals surface area contributed by atoms with Crippen LogP contribution >= 0.6 is 11.3 Å². The molecule has 2 aromatic rings. The number of imide groups is 1. The Hall–Kier alpha value is -2.84. The van der Waals surface area contributed by atoms with Gasteiger partial charge in [-0.2, -0.15) is 0 Å². The van der Waals surface area contributed by atoms with E-state index in [0.29, 0.717) is 12.1 Å². The van der Waals surface area contributed by atoms with Gasteiger partial charge in [0.25, 0.3) is 5.91 Å². The molecule has 0 aliphatic carbocycles. The van der Waals surface area contributed by atoms with Gasteiger partial charge in [-0.1, -0.05) is 12.1 Å².